The van der Waals surface area contributed by atoms with Crippen molar-refractivity contribution in [3.63, 3.8) is 0 Å². The van der Waals surface area contributed by atoms with Gasteiger partial charge in [-0.25, -0.2) is 0 Å². The van der Waals surface area contributed by atoms with Gasteiger partial charge in [0.25, 0.3) is 5.91 Å². The fourth-order valence-corrected chi connectivity index (χ4v) is 8.49. The normalized spacial score (nSPS) is 13.1. The first-order chi connectivity index (χ1) is 26.8. The maximum absolute atomic E-state index is 13.6. The first-order valence-electron chi connectivity index (χ1n) is 21.3. The Balaban J connectivity index is 5.57. The van der Waals surface area contributed by atoms with Crippen LogP contribution in [0.5, 0.6) is 0 Å². The maximum Gasteiger partial charge on any atom is 0.267 e. The molecule has 0 bridgehead atoms. The second-order valence-corrected chi connectivity index (χ2v) is 18.1. The number of allylic oxidation sites excluding steroid dienone is 1. The van der Waals surface area contributed by atoms with Gasteiger partial charge in [-0.15, -0.1) is 0 Å². The van der Waals surface area contributed by atoms with E-state index in [1.165, 1.54) is 53.7 Å². The largest absolute Gasteiger partial charge is 0.359 e. The van der Waals surface area contributed by atoms with E-state index in [0.717, 1.165) is 44.9 Å². The molecule has 0 spiro atoms. The summed E-state index contributed by atoms with van der Waals surface area (Å²) in [5, 5.41) is 17.2. The standard InChI is InChI=1S/C42H78N6O6S2/c1-9-11-13-15-17-19-21-39(51)47-35(27-31(3)4)41(53)45-33(23-25-37(49)43-7)29-55-56-30-34(24-26-38(50)44-8)46-42(54)36(28-32(5)6)48-40(52)22-20-18-16-14-12-10-2/h27,31-34,36H,9-26,28-30H2,1-8H3,(H,43,49)(H,44,50)(H,45,53)(H,46,54)(H,47,51)(H,48,52)/b35-27+/t33-,34-,36-/m0/s1. The molecule has 0 aromatic carbocycles. The van der Waals surface area contributed by atoms with Gasteiger partial charge in [-0.3, -0.25) is 28.8 Å². The van der Waals surface area contributed by atoms with E-state index < -0.39 is 11.9 Å². The van der Waals surface area contributed by atoms with Crippen molar-refractivity contribution in [2.24, 2.45) is 11.8 Å². The Morgan fingerprint density at radius 3 is 1.48 bits per heavy atom. The number of hydrogen-bond acceptors (Lipinski definition) is 8. The highest BCUT2D eigenvalue weighted by Gasteiger charge is 2.25. The lowest BCUT2D eigenvalue weighted by Gasteiger charge is -2.25. The molecule has 0 unspecified atom stereocenters. The highest BCUT2D eigenvalue weighted by molar-refractivity contribution is 8.76. The minimum absolute atomic E-state index is 0.0232. The van der Waals surface area contributed by atoms with Crippen LogP contribution in [-0.4, -0.2) is 79.2 Å². The van der Waals surface area contributed by atoms with Crippen LogP contribution in [0.3, 0.4) is 0 Å². The molecule has 0 aliphatic carbocycles. The van der Waals surface area contributed by atoms with E-state index >= 15 is 0 Å². The zero-order chi connectivity index (χ0) is 42.1. The molecule has 14 heteroatoms. The number of carbonyl (C=O) groups excluding carboxylic acids is 6. The number of rotatable bonds is 34. The second-order valence-electron chi connectivity index (χ2n) is 15.5. The van der Waals surface area contributed by atoms with Gasteiger partial charge in [0.1, 0.15) is 11.7 Å². The minimum atomic E-state index is -0.675. The van der Waals surface area contributed by atoms with Crippen molar-refractivity contribution in [1.82, 2.24) is 31.9 Å². The van der Waals surface area contributed by atoms with Gasteiger partial charge in [-0.05, 0) is 43.9 Å². The smallest absolute Gasteiger partial charge is 0.267 e. The molecule has 3 atom stereocenters. The average Bonchev–Trinajstić information content (AvgIpc) is 3.15. The summed E-state index contributed by atoms with van der Waals surface area (Å²) in [6.07, 6.45) is 17.0. The number of unbranched alkanes of at least 4 members (excludes halogenated alkanes) is 10. The molecule has 0 aromatic rings. The summed E-state index contributed by atoms with van der Waals surface area (Å²) in [6.45, 7) is 12.3. The average molecular weight is 827 g/mol. The fourth-order valence-electron chi connectivity index (χ4n) is 5.90. The predicted molar refractivity (Wildman–Crippen MR) is 234 cm³/mol. The van der Waals surface area contributed by atoms with E-state index in [2.05, 4.69) is 45.7 Å². The molecule has 56 heavy (non-hydrogen) atoms. The Morgan fingerprint density at radius 1 is 0.554 bits per heavy atom. The molecule has 6 N–H and O–H groups in total. The van der Waals surface area contributed by atoms with Gasteiger partial charge < -0.3 is 31.9 Å². The molecule has 0 rings (SSSR count). The number of carbonyl (C=O) groups is 6. The van der Waals surface area contributed by atoms with Gasteiger partial charge in [0.15, 0.2) is 0 Å². The number of hydrogen-bond donors (Lipinski definition) is 6. The molecule has 0 heterocycles. The molecule has 0 saturated heterocycles. The van der Waals surface area contributed by atoms with E-state index in [0.29, 0.717) is 43.6 Å². The Bertz CT molecular complexity index is 1170. The van der Waals surface area contributed by atoms with Crippen LogP contribution in [0, 0.1) is 11.8 Å². The third-order valence-electron chi connectivity index (χ3n) is 9.19. The molecule has 0 aromatic heterocycles. The van der Waals surface area contributed by atoms with Crippen molar-refractivity contribution in [2.75, 3.05) is 25.6 Å². The molecule has 6 amide bonds. The van der Waals surface area contributed by atoms with Crippen LogP contribution in [0.1, 0.15) is 164 Å². The molecule has 12 nitrogen and oxygen atoms in total. The summed E-state index contributed by atoms with van der Waals surface area (Å²) in [4.78, 5) is 77.1. The lowest BCUT2D eigenvalue weighted by molar-refractivity contribution is -0.130. The van der Waals surface area contributed by atoms with E-state index in [-0.39, 0.29) is 72.0 Å². The minimum Gasteiger partial charge on any atom is -0.359 e. The van der Waals surface area contributed by atoms with Crippen LogP contribution in [0.15, 0.2) is 11.8 Å². The van der Waals surface area contributed by atoms with Crippen molar-refractivity contribution < 1.29 is 28.8 Å². The van der Waals surface area contributed by atoms with Crippen LogP contribution >= 0.6 is 21.6 Å². The van der Waals surface area contributed by atoms with Crippen molar-refractivity contribution in [1.29, 1.82) is 0 Å². The Labute approximate surface area is 347 Å². The lowest BCUT2D eigenvalue weighted by atomic mass is 10.0. The maximum atomic E-state index is 13.6. The predicted octanol–water partition coefficient (Wildman–Crippen LogP) is 7.08. The van der Waals surface area contributed by atoms with Gasteiger partial charge in [0.05, 0.1) is 0 Å². The monoisotopic (exact) mass is 827 g/mol. The molecule has 0 saturated carbocycles. The SMILES string of the molecule is CCCCCCCCC(=O)N/C(=C/C(C)C)C(=O)N[C@@H](CCC(=O)NC)CSSC[C@H](CCC(=O)NC)NC(=O)[C@H](CC(C)C)NC(=O)CCCCCCCC. The Kier molecular flexibility index (Phi) is 32.6. The van der Waals surface area contributed by atoms with Crippen LogP contribution in [0.4, 0.5) is 0 Å². The summed E-state index contributed by atoms with van der Waals surface area (Å²) in [6, 6.07) is -1.39. The summed E-state index contributed by atoms with van der Waals surface area (Å²) < 4.78 is 0. The van der Waals surface area contributed by atoms with Gasteiger partial charge >= 0.3 is 0 Å². The molecule has 0 fully saturated rings. The highest BCUT2D eigenvalue weighted by Crippen LogP contribution is 2.25. The van der Waals surface area contributed by atoms with E-state index in [9.17, 15) is 28.8 Å². The zero-order valence-corrected chi connectivity index (χ0v) is 37.7. The van der Waals surface area contributed by atoms with Gasteiger partial charge in [-0.2, -0.15) is 0 Å². The summed E-state index contributed by atoms with van der Waals surface area (Å²) in [5.74, 6) is -0.0852. The zero-order valence-electron chi connectivity index (χ0n) is 36.1. The van der Waals surface area contributed by atoms with E-state index in [4.69, 9.17) is 0 Å². The first kappa shape index (κ1) is 53.3. The van der Waals surface area contributed by atoms with Crippen molar-refractivity contribution >= 4 is 57.0 Å². The summed E-state index contributed by atoms with van der Waals surface area (Å²) in [7, 11) is 6.16. The number of amides is 6. The Morgan fingerprint density at radius 2 is 1.02 bits per heavy atom. The third-order valence-corrected chi connectivity index (χ3v) is 11.8. The molecule has 0 aliphatic heterocycles. The van der Waals surface area contributed by atoms with Crippen molar-refractivity contribution in [3.05, 3.63) is 11.8 Å². The van der Waals surface area contributed by atoms with Crippen molar-refractivity contribution in [3.8, 4) is 0 Å². The van der Waals surface area contributed by atoms with Crippen LogP contribution in [-0.2, 0) is 28.8 Å². The van der Waals surface area contributed by atoms with Crippen LogP contribution in [0.25, 0.3) is 0 Å². The molecule has 0 aliphatic rings. The molecular formula is C42H78N6O6S2. The number of nitrogens with one attached hydrogen (secondary N) is 6. The third kappa shape index (κ3) is 29.5. The Hall–Kier alpha value is -2.74. The van der Waals surface area contributed by atoms with Crippen LogP contribution in [0.2, 0.25) is 0 Å². The van der Waals surface area contributed by atoms with E-state index in [1.54, 1.807) is 20.2 Å². The lowest BCUT2D eigenvalue weighted by Crippen LogP contribution is -2.50. The second kappa shape index (κ2) is 34.3. The van der Waals surface area contributed by atoms with Gasteiger partial charge in [0.2, 0.25) is 29.5 Å². The van der Waals surface area contributed by atoms with Crippen molar-refractivity contribution in [2.45, 2.75) is 182 Å². The molecular weight excluding hydrogens is 749 g/mol. The van der Waals surface area contributed by atoms with Gasteiger partial charge in [0, 0.05) is 63.4 Å². The quantitative estimate of drug-likeness (QED) is 0.0227. The van der Waals surface area contributed by atoms with E-state index in [1.807, 2.05) is 27.7 Å². The molecule has 324 valence electrons. The van der Waals surface area contributed by atoms with Crippen LogP contribution < -0.4 is 31.9 Å². The van der Waals surface area contributed by atoms with Gasteiger partial charge in [-0.1, -0.05) is 133 Å². The highest BCUT2D eigenvalue weighted by atomic mass is 33.1. The summed E-state index contributed by atoms with van der Waals surface area (Å²) >= 11 is 0. The topological polar surface area (TPSA) is 175 Å². The fraction of sp³-hybridized carbons (Fsp3) is 0.810. The summed E-state index contributed by atoms with van der Waals surface area (Å²) in [5.41, 5.74) is 0.213. The molecule has 0 radical (unpaired) electrons. The first-order valence-corrected chi connectivity index (χ1v) is 23.8.